The predicted octanol–water partition coefficient (Wildman–Crippen LogP) is 6.00. The van der Waals surface area contributed by atoms with Crippen molar-refractivity contribution in [2.75, 3.05) is 11.5 Å². The van der Waals surface area contributed by atoms with Crippen LogP contribution in [0.4, 0.5) is 5.69 Å². The SMILES string of the molecule is CCOc1ccccc1N1C(=O)C2C3c4ccccc4C(c4cc(C(C)CC)ccc43)C2C1=O. The average Bonchev–Trinajstić information content (AvgIpc) is 3.14. The van der Waals surface area contributed by atoms with E-state index in [4.69, 9.17) is 4.74 Å². The Morgan fingerprint density at radius 2 is 1.38 bits per heavy atom. The number of ether oxygens (including phenoxy) is 1. The van der Waals surface area contributed by atoms with Gasteiger partial charge in [0.2, 0.25) is 11.8 Å². The topological polar surface area (TPSA) is 46.6 Å². The number of hydrogen-bond acceptors (Lipinski definition) is 3. The highest BCUT2D eigenvalue weighted by Crippen LogP contribution is 2.61. The van der Waals surface area contributed by atoms with Crippen molar-refractivity contribution in [3.05, 3.63) is 94.5 Å². The Bertz CT molecular complexity index is 1310. The van der Waals surface area contributed by atoms with Gasteiger partial charge in [0.05, 0.1) is 24.1 Å². The van der Waals surface area contributed by atoms with Gasteiger partial charge >= 0.3 is 0 Å². The molecule has 34 heavy (non-hydrogen) atoms. The van der Waals surface area contributed by atoms with Crippen molar-refractivity contribution in [3.8, 4) is 5.75 Å². The standard InChI is InChI=1S/C30H29NO3/c1-4-17(3)18-14-15-21-22(16-18)26-20-11-7-6-10-19(20)25(21)27-28(26)30(33)31(29(27)32)23-12-8-9-13-24(23)34-5-2/h6-17,25-28H,4-5H2,1-3H3. The van der Waals surface area contributed by atoms with Gasteiger partial charge in [0.15, 0.2) is 0 Å². The van der Waals surface area contributed by atoms with Gasteiger partial charge in [-0.1, -0.05) is 68.4 Å². The second kappa shape index (κ2) is 7.83. The summed E-state index contributed by atoms with van der Waals surface area (Å²) in [5.41, 5.74) is 6.68. The number of nitrogens with zero attached hydrogens (tertiary/aromatic N) is 1. The lowest BCUT2D eigenvalue weighted by Crippen LogP contribution is -2.41. The Labute approximate surface area is 200 Å². The molecule has 2 amide bonds. The van der Waals surface area contributed by atoms with Crippen LogP contribution in [0.15, 0.2) is 66.7 Å². The lowest BCUT2D eigenvalue weighted by atomic mass is 9.54. The quantitative estimate of drug-likeness (QED) is 0.447. The van der Waals surface area contributed by atoms with Crippen LogP contribution in [0.3, 0.4) is 0 Å². The third-order valence-corrected chi connectivity index (χ3v) is 8.15. The van der Waals surface area contributed by atoms with E-state index in [9.17, 15) is 9.59 Å². The van der Waals surface area contributed by atoms with Crippen LogP contribution in [0.2, 0.25) is 0 Å². The Morgan fingerprint density at radius 3 is 2.03 bits per heavy atom. The monoisotopic (exact) mass is 451 g/mol. The number of rotatable bonds is 5. The van der Waals surface area contributed by atoms with Gasteiger partial charge in [0.1, 0.15) is 5.75 Å². The Hall–Kier alpha value is -3.40. The Balaban J connectivity index is 1.53. The van der Waals surface area contributed by atoms with Crippen molar-refractivity contribution in [2.45, 2.75) is 44.9 Å². The van der Waals surface area contributed by atoms with Crippen LogP contribution in [0.5, 0.6) is 5.75 Å². The van der Waals surface area contributed by atoms with E-state index in [0.717, 1.165) is 6.42 Å². The van der Waals surface area contributed by atoms with Crippen LogP contribution in [-0.4, -0.2) is 18.4 Å². The summed E-state index contributed by atoms with van der Waals surface area (Å²) >= 11 is 0. The van der Waals surface area contributed by atoms with Crippen LogP contribution in [-0.2, 0) is 9.59 Å². The number of carbonyl (C=O) groups excluding carboxylic acids is 2. The highest BCUT2D eigenvalue weighted by Gasteiger charge is 2.62. The molecule has 5 unspecified atom stereocenters. The van der Waals surface area contributed by atoms with Gasteiger partial charge in [-0.2, -0.15) is 0 Å². The molecule has 1 aliphatic heterocycles. The minimum absolute atomic E-state index is 0.104. The second-order valence-corrected chi connectivity index (χ2v) is 9.75. The molecule has 0 radical (unpaired) electrons. The van der Waals surface area contributed by atoms with Gasteiger partial charge in [0, 0.05) is 11.8 Å². The molecular formula is C30H29NO3. The van der Waals surface area contributed by atoms with Crippen molar-refractivity contribution < 1.29 is 14.3 Å². The molecule has 0 N–H and O–H groups in total. The number of carbonyl (C=O) groups is 2. The van der Waals surface area contributed by atoms with E-state index < -0.39 is 0 Å². The van der Waals surface area contributed by atoms with Crippen molar-refractivity contribution in [3.63, 3.8) is 0 Å². The molecule has 2 bridgehead atoms. The Kier molecular flexibility index (Phi) is 4.87. The summed E-state index contributed by atoms with van der Waals surface area (Å²) in [6, 6.07) is 22.5. The van der Waals surface area contributed by atoms with Crippen LogP contribution < -0.4 is 9.64 Å². The molecule has 3 aromatic rings. The van der Waals surface area contributed by atoms with Crippen LogP contribution in [0.1, 0.15) is 72.8 Å². The van der Waals surface area contributed by atoms with Crippen LogP contribution in [0.25, 0.3) is 0 Å². The number of imide groups is 1. The molecule has 0 aromatic heterocycles. The first-order chi connectivity index (χ1) is 16.6. The molecule has 0 saturated carbocycles. The molecule has 4 aliphatic rings. The number of amides is 2. The molecule has 3 aromatic carbocycles. The molecule has 1 saturated heterocycles. The first-order valence-electron chi connectivity index (χ1n) is 12.4. The van der Waals surface area contributed by atoms with E-state index >= 15 is 0 Å². The molecule has 1 fully saturated rings. The molecule has 3 aliphatic carbocycles. The van der Waals surface area contributed by atoms with E-state index in [-0.39, 0.29) is 35.5 Å². The van der Waals surface area contributed by atoms with E-state index in [1.165, 1.54) is 32.7 Å². The minimum Gasteiger partial charge on any atom is -0.492 e. The lowest BCUT2D eigenvalue weighted by Gasteiger charge is -2.46. The zero-order chi connectivity index (χ0) is 23.6. The fraction of sp³-hybridized carbons (Fsp3) is 0.333. The molecule has 1 heterocycles. The first-order valence-corrected chi connectivity index (χ1v) is 12.4. The average molecular weight is 452 g/mol. The number of hydrogen-bond donors (Lipinski definition) is 0. The molecule has 172 valence electrons. The number of benzene rings is 3. The van der Waals surface area contributed by atoms with Crippen molar-refractivity contribution in [2.24, 2.45) is 11.8 Å². The maximum atomic E-state index is 14.0. The summed E-state index contributed by atoms with van der Waals surface area (Å²) < 4.78 is 5.80. The second-order valence-electron chi connectivity index (χ2n) is 9.75. The smallest absolute Gasteiger partial charge is 0.238 e. The summed E-state index contributed by atoms with van der Waals surface area (Å²) in [6.07, 6.45) is 1.06. The lowest BCUT2D eigenvalue weighted by molar-refractivity contribution is -0.122. The summed E-state index contributed by atoms with van der Waals surface area (Å²) in [5, 5.41) is 0. The van der Waals surface area contributed by atoms with E-state index in [2.05, 4.69) is 50.2 Å². The zero-order valence-electron chi connectivity index (χ0n) is 19.8. The zero-order valence-corrected chi connectivity index (χ0v) is 19.8. The fourth-order valence-corrected chi connectivity index (χ4v) is 6.44. The normalized spacial score (nSPS) is 25.1. The highest BCUT2D eigenvalue weighted by molar-refractivity contribution is 6.24. The molecule has 5 atom stereocenters. The first kappa shape index (κ1) is 21.2. The highest BCUT2D eigenvalue weighted by atomic mass is 16.5. The van der Waals surface area contributed by atoms with Gasteiger partial charge in [-0.05, 0) is 59.2 Å². The van der Waals surface area contributed by atoms with Gasteiger partial charge < -0.3 is 4.74 Å². The van der Waals surface area contributed by atoms with E-state index in [1.54, 1.807) is 0 Å². The van der Waals surface area contributed by atoms with E-state index in [1.807, 2.05) is 37.3 Å². The molecule has 4 nitrogen and oxygen atoms in total. The van der Waals surface area contributed by atoms with Crippen LogP contribution >= 0.6 is 0 Å². The fourth-order valence-electron chi connectivity index (χ4n) is 6.44. The van der Waals surface area contributed by atoms with E-state index in [0.29, 0.717) is 24.0 Å². The van der Waals surface area contributed by atoms with Crippen LogP contribution in [0, 0.1) is 11.8 Å². The summed E-state index contributed by atoms with van der Waals surface area (Å²) in [4.78, 5) is 29.4. The molecular weight excluding hydrogens is 422 g/mol. The number of para-hydroxylation sites is 2. The van der Waals surface area contributed by atoms with Gasteiger partial charge in [-0.25, -0.2) is 4.90 Å². The minimum atomic E-state index is -0.387. The maximum absolute atomic E-state index is 14.0. The summed E-state index contributed by atoms with van der Waals surface area (Å²) in [7, 11) is 0. The summed E-state index contributed by atoms with van der Waals surface area (Å²) in [5.74, 6) is -0.168. The Morgan fingerprint density at radius 1 is 0.794 bits per heavy atom. The van der Waals surface area contributed by atoms with Gasteiger partial charge in [-0.15, -0.1) is 0 Å². The number of anilines is 1. The van der Waals surface area contributed by atoms with Crippen molar-refractivity contribution in [1.29, 1.82) is 0 Å². The third kappa shape index (κ3) is 2.78. The molecule has 4 heteroatoms. The molecule has 7 rings (SSSR count). The van der Waals surface area contributed by atoms with Crippen molar-refractivity contribution >= 4 is 17.5 Å². The van der Waals surface area contributed by atoms with Gasteiger partial charge in [-0.3, -0.25) is 9.59 Å². The van der Waals surface area contributed by atoms with Gasteiger partial charge in [0.25, 0.3) is 0 Å². The maximum Gasteiger partial charge on any atom is 0.238 e. The molecule has 0 spiro atoms. The third-order valence-electron chi connectivity index (χ3n) is 8.15. The largest absolute Gasteiger partial charge is 0.492 e. The van der Waals surface area contributed by atoms with Crippen molar-refractivity contribution in [1.82, 2.24) is 0 Å². The summed E-state index contributed by atoms with van der Waals surface area (Å²) in [6.45, 7) is 6.83. The predicted molar refractivity (Wildman–Crippen MR) is 132 cm³/mol.